The fourth-order valence-electron chi connectivity index (χ4n) is 2.21. The second-order valence-corrected chi connectivity index (χ2v) is 3.94. The summed E-state index contributed by atoms with van der Waals surface area (Å²) in [6.45, 7) is 0.537. The van der Waals surface area contributed by atoms with Crippen molar-refractivity contribution in [1.82, 2.24) is 9.88 Å². The zero-order valence-electron chi connectivity index (χ0n) is 8.76. The Labute approximate surface area is 89.1 Å². The summed E-state index contributed by atoms with van der Waals surface area (Å²) in [5, 5.41) is 0. The Morgan fingerprint density at radius 3 is 3.07 bits per heavy atom. The summed E-state index contributed by atoms with van der Waals surface area (Å²) in [6.07, 6.45) is 4.09. The maximum atomic E-state index is 11.6. The molecule has 2 N–H and O–H groups in total. The van der Waals surface area contributed by atoms with Crippen LogP contribution in [0.5, 0.6) is 0 Å². The first-order chi connectivity index (χ1) is 7.24. The number of rotatable bonds is 2. The van der Waals surface area contributed by atoms with E-state index in [9.17, 15) is 4.79 Å². The summed E-state index contributed by atoms with van der Waals surface area (Å²) in [7, 11) is 1.83. The molecule has 0 spiro atoms. The van der Waals surface area contributed by atoms with Crippen LogP contribution in [0.2, 0.25) is 0 Å². The van der Waals surface area contributed by atoms with Gasteiger partial charge in [-0.2, -0.15) is 0 Å². The molecule has 0 bridgehead atoms. The minimum absolute atomic E-state index is 0.0937. The normalized spacial score (nSPS) is 26.0. The molecule has 0 radical (unpaired) electrons. The van der Waals surface area contributed by atoms with Gasteiger partial charge < -0.3 is 10.6 Å². The number of hydrogen-bond acceptors (Lipinski definition) is 3. The van der Waals surface area contributed by atoms with Crippen molar-refractivity contribution in [2.75, 3.05) is 13.6 Å². The van der Waals surface area contributed by atoms with Gasteiger partial charge in [0.2, 0.25) is 5.91 Å². The summed E-state index contributed by atoms with van der Waals surface area (Å²) < 4.78 is 0. The molecule has 80 valence electrons. The SMILES string of the molecule is CN1C(=O)C[C@H](CN)[C@H]1c1cccnc1. The molecule has 4 heteroatoms. The Hall–Kier alpha value is -1.42. The van der Waals surface area contributed by atoms with Crippen molar-refractivity contribution < 1.29 is 4.79 Å². The molecule has 1 aromatic rings. The Morgan fingerprint density at radius 1 is 1.67 bits per heavy atom. The molecule has 0 aliphatic carbocycles. The number of aromatic nitrogens is 1. The zero-order chi connectivity index (χ0) is 10.8. The molecule has 1 aliphatic heterocycles. The molecule has 2 heterocycles. The van der Waals surface area contributed by atoms with Crippen LogP contribution in [0.25, 0.3) is 0 Å². The van der Waals surface area contributed by atoms with Crippen LogP contribution in [0.1, 0.15) is 18.0 Å². The molecule has 0 unspecified atom stereocenters. The minimum atomic E-state index is 0.0937. The van der Waals surface area contributed by atoms with E-state index in [-0.39, 0.29) is 17.9 Å². The van der Waals surface area contributed by atoms with Gasteiger partial charge in [-0.3, -0.25) is 9.78 Å². The quantitative estimate of drug-likeness (QED) is 0.767. The van der Waals surface area contributed by atoms with Gasteiger partial charge in [0.05, 0.1) is 6.04 Å². The van der Waals surface area contributed by atoms with Crippen LogP contribution in [0.15, 0.2) is 24.5 Å². The van der Waals surface area contributed by atoms with Gasteiger partial charge in [0.25, 0.3) is 0 Å². The lowest BCUT2D eigenvalue weighted by molar-refractivity contribution is -0.127. The van der Waals surface area contributed by atoms with E-state index in [1.165, 1.54) is 0 Å². The number of pyridine rings is 1. The smallest absolute Gasteiger partial charge is 0.223 e. The monoisotopic (exact) mass is 205 g/mol. The van der Waals surface area contributed by atoms with Crippen LogP contribution in [0, 0.1) is 5.92 Å². The van der Waals surface area contributed by atoms with Crippen molar-refractivity contribution in [3.05, 3.63) is 30.1 Å². The zero-order valence-corrected chi connectivity index (χ0v) is 8.76. The molecule has 2 atom stereocenters. The fourth-order valence-corrected chi connectivity index (χ4v) is 2.21. The molecule has 0 saturated carbocycles. The first kappa shape index (κ1) is 10.1. The molecular formula is C11H15N3O. The van der Waals surface area contributed by atoms with E-state index in [0.717, 1.165) is 5.56 Å². The second-order valence-electron chi connectivity index (χ2n) is 3.94. The molecule has 4 nitrogen and oxygen atoms in total. The van der Waals surface area contributed by atoms with Crippen LogP contribution >= 0.6 is 0 Å². The van der Waals surface area contributed by atoms with Crippen molar-refractivity contribution in [3.63, 3.8) is 0 Å². The number of hydrogen-bond donors (Lipinski definition) is 1. The lowest BCUT2D eigenvalue weighted by atomic mass is 9.95. The first-order valence-electron chi connectivity index (χ1n) is 5.09. The van der Waals surface area contributed by atoms with Gasteiger partial charge in [-0.1, -0.05) is 6.07 Å². The highest BCUT2D eigenvalue weighted by atomic mass is 16.2. The summed E-state index contributed by atoms with van der Waals surface area (Å²) in [6, 6.07) is 3.98. The predicted molar refractivity (Wildman–Crippen MR) is 56.9 cm³/mol. The number of carbonyl (C=O) groups is 1. The second kappa shape index (κ2) is 3.98. The van der Waals surface area contributed by atoms with E-state index in [1.54, 1.807) is 11.1 Å². The summed E-state index contributed by atoms with van der Waals surface area (Å²) >= 11 is 0. The van der Waals surface area contributed by atoms with E-state index < -0.39 is 0 Å². The van der Waals surface area contributed by atoms with Crippen molar-refractivity contribution >= 4 is 5.91 Å². The number of nitrogens with two attached hydrogens (primary N) is 1. The Morgan fingerprint density at radius 2 is 2.47 bits per heavy atom. The Balaban J connectivity index is 2.30. The molecule has 1 aliphatic rings. The maximum Gasteiger partial charge on any atom is 0.223 e. The largest absolute Gasteiger partial charge is 0.338 e. The van der Waals surface area contributed by atoms with Crippen LogP contribution < -0.4 is 5.73 Å². The van der Waals surface area contributed by atoms with Gasteiger partial charge in [-0.25, -0.2) is 0 Å². The van der Waals surface area contributed by atoms with Gasteiger partial charge in [0.15, 0.2) is 0 Å². The van der Waals surface area contributed by atoms with Crippen LogP contribution in [-0.2, 0) is 4.79 Å². The van der Waals surface area contributed by atoms with E-state index in [4.69, 9.17) is 5.73 Å². The van der Waals surface area contributed by atoms with E-state index in [1.807, 2.05) is 25.4 Å². The van der Waals surface area contributed by atoms with Crippen molar-refractivity contribution in [3.8, 4) is 0 Å². The third-order valence-corrected chi connectivity index (χ3v) is 3.02. The molecule has 1 saturated heterocycles. The average Bonchev–Trinajstić information content (AvgIpc) is 2.56. The number of carbonyl (C=O) groups excluding carboxylic acids is 1. The fraction of sp³-hybridized carbons (Fsp3) is 0.455. The predicted octanol–water partition coefficient (Wildman–Crippen LogP) is 0.560. The minimum Gasteiger partial charge on any atom is -0.338 e. The van der Waals surface area contributed by atoms with Crippen LogP contribution in [0.4, 0.5) is 0 Å². The van der Waals surface area contributed by atoms with Crippen molar-refractivity contribution in [2.45, 2.75) is 12.5 Å². The lowest BCUT2D eigenvalue weighted by Crippen LogP contribution is -2.26. The summed E-state index contributed by atoms with van der Waals surface area (Å²) in [4.78, 5) is 17.4. The van der Waals surface area contributed by atoms with E-state index in [2.05, 4.69) is 4.98 Å². The van der Waals surface area contributed by atoms with Crippen molar-refractivity contribution in [2.24, 2.45) is 11.7 Å². The third kappa shape index (κ3) is 1.72. The molecular weight excluding hydrogens is 190 g/mol. The highest BCUT2D eigenvalue weighted by molar-refractivity contribution is 5.79. The first-order valence-corrected chi connectivity index (χ1v) is 5.09. The van der Waals surface area contributed by atoms with Gasteiger partial charge in [0, 0.05) is 31.8 Å². The van der Waals surface area contributed by atoms with Gasteiger partial charge in [0.1, 0.15) is 0 Å². The number of nitrogens with zero attached hydrogens (tertiary/aromatic N) is 2. The summed E-state index contributed by atoms with van der Waals surface area (Å²) in [5.74, 6) is 0.381. The van der Waals surface area contributed by atoms with Crippen LogP contribution in [0.3, 0.4) is 0 Å². The summed E-state index contributed by atoms with van der Waals surface area (Å²) in [5.41, 5.74) is 6.76. The maximum absolute atomic E-state index is 11.6. The number of likely N-dealkylation sites (tertiary alicyclic amines) is 1. The lowest BCUT2D eigenvalue weighted by Gasteiger charge is -2.24. The van der Waals surface area contributed by atoms with Gasteiger partial charge >= 0.3 is 0 Å². The highest BCUT2D eigenvalue weighted by Crippen LogP contribution is 2.35. The molecule has 1 aromatic heterocycles. The standard InChI is InChI=1S/C11H15N3O/c1-14-10(15)5-9(6-12)11(14)8-3-2-4-13-7-8/h2-4,7,9,11H,5-6,12H2,1H3/t9-,11-/m1/s1. The Kier molecular flexibility index (Phi) is 2.68. The molecule has 1 amide bonds. The Bertz CT molecular complexity index is 352. The molecule has 0 aromatic carbocycles. The van der Waals surface area contributed by atoms with E-state index in [0.29, 0.717) is 13.0 Å². The van der Waals surface area contributed by atoms with Gasteiger partial charge in [-0.15, -0.1) is 0 Å². The molecule has 2 rings (SSSR count). The third-order valence-electron chi connectivity index (χ3n) is 3.02. The van der Waals surface area contributed by atoms with Gasteiger partial charge in [-0.05, 0) is 18.2 Å². The molecule has 15 heavy (non-hydrogen) atoms. The van der Waals surface area contributed by atoms with Crippen LogP contribution in [-0.4, -0.2) is 29.4 Å². The molecule has 1 fully saturated rings. The van der Waals surface area contributed by atoms with Crippen molar-refractivity contribution in [1.29, 1.82) is 0 Å². The average molecular weight is 205 g/mol. The highest BCUT2D eigenvalue weighted by Gasteiger charge is 2.37. The van der Waals surface area contributed by atoms with E-state index >= 15 is 0 Å². The number of amides is 1. The topological polar surface area (TPSA) is 59.2 Å².